The fourth-order valence-corrected chi connectivity index (χ4v) is 1.57. The van der Waals surface area contributed by atoms with Gasteiger partial charge >= 0.3 is 12.1 Å². The minimum absolute atomic E-state index is 0.0282. The van der Waals surface area contributed by atoms with Crippen LogP contribution in [-0.2, 0) is 22.3 Å². The molecule has 0 bridgehead atoms. The molecule has 0 aliphatic heterocycles. The van der Waals surface area contributed by atoms with Crippen molar-refractivity contribution in [1.29, 1.82) is 0 Å². The van der Waals surface area contributed by atoms with E-state index >= 15 is 0 Å². The second-order valence-corrected chi connectivity index (χ2v) is 4.45. The van der Waals surface area contributed by atoms with E-state index in [1.807, 2.05) is 27.7 Å². The van der Waals surface area contributed by atoms with Gasteiger partial charge in [-0.05, 0) is 26.0 Å². The molecule has 0 spiro atoms. The number of hydrogen-bond acceptors (Lipinski definition) is 3. The number of carbonyl (C=O) groups excluding carboxylic acids is 1. The van der Waals surface area contributed by atoms with E-state index in [0.717, 1.165) is 13.0 Å². The summed E-state index contributed by atoms with van der Waals surface area (Å²) in [6.07, 6.45) is -4.48. The first kappa shape index (κ1) is 19.3. The lowest BCUT2D eigenvalue weighted by Gasteiger charge is -2.16. The van der Waals surface area contributed by atoms with E-state index in [0.29, 0.717) is 5.69 Å². The topological polar surface area (TPSA) is 38.3 Å². The number of halogens is 3. The van der Waals surface area contributed by atoms with Gasteiger partial charge in [-0.1, -0.05) is 19.9 Å². The maximum Gasteiger partial charge on any atom is 0.416 e. The first-order valence-electron chi connectivity index (χ1n) is 6.80. The highest BCUT2D eigenvalue weighted by Gasteiger charge is 2.33. The highest BCUT2D eigenvalue weighted by molar-refractivity contribution is 5.66. The molecule has 0 saturated carbocycles. The van der Waals surface area contributed by atoms with Gasteiger partial charge in [-0.25, -0.2) is 0 Å². The first-order chi connectivity index (χ1) is 9.70. The zero-order valence-corrected chi connectivity index (χ0v) is 13.0. The smallest absolute Gasteiger partial charge is 0.416 e. The van der Waals surface area contributed by atoms with Gasteiger partial charge in [0, 0.05) is 24.2 Å². The van der Waals surface area contributed by atoms with Gasteiger partial charge in [0.25, 0.3) is 0 Å². The summed E-state index contributed by atoms with van der Waals surface area (Å²) in [7, 11) is 0. The van der Waals surface area contributed by atoms with Crippen molar-refractivity contribution in [3.8, 4) is 0 Å². The van der Waals surface area contributed by atoms with Crippen LogP contribution in [0.4, 0.5) is 18.9 Å². The second-order valence-electron chi connectivity index (χ2n) is 4.45. The van der Waals surface area contributed by atoms with Crippen molar-refractivity contribution in [3.63, 3.8) is 0 Å². The lowest BCUT2D eigenvalue weighted by atomic mass is 10.1. The summed E-state index contributed by atoms with van der Waals surface area (Å²) >= 11 is 0. The molecule has 1 rings (SSSR count). The van der Waals surface area contributed by atoms with Crippen LogP contribution >= 0.6 is 0 Å². The second kappa shape index (κ2) is 8.54. The van der Waals surface area contributed by atoms with Crippen LogP contribution in [0.2, 0.25) is 0 Å². The number of benzene rings is 1. The van der Waals surface area contributed by atoms with Gasteiger partial charge in [0.1, 0.15) is 6.61 Å². The molecule has 1 aromatic carbocycles. The maximum atomic E-state index is 12.9. The van der Waals surface area contributed by atoms with E-state index in [4.69, 9.17) is 0 Å². The first-order valence-corrected chi connectivity index (χ1v) is 6.80. The molecule has 120 valence electrons. The summed E-state index contributed by atoms with van der Waals surface area (Å²) in [5.41, 5.74) is -0.467. The predicted octanol–water partition coefficient (Wildman–Crippen LogP) is 4.62. The normalized spacial score (nSPS) is 10.7. The molecule has 0 aliphatic rings. The minimum atomic E-state index is -4.48. The predicted molar refractivity (Wildman–Crippen MR) is 77.0 cm³/mol. The third kappa shape index (κ3) is 7.02. The standard InChI is InChI=1S/C13H16F3NO2.C2H6/c1-8(2)17-11-5-4-10(7-19-9(3)18)12(6-11)13(14,15)16;1-2/h4-6,8,17H,7H2,1-3H3;1-2H3. The van der Waals surface area contributed by atoms with E-state index in [1.165, 1.54) is 12.1 Å². The Morgan fingerprint density at radius 1 is 1.29 bits per heavy atom. The Morgan fingerprint density at radius 3 is 2.29 bits per heavy atom. The van der Waals surface area contributed by atoms with E-state index in [9.17, 15) is 18.0 Å². The van der Waals surface area contributed by atoms with Gasteiger partial charge in [-0.2, -0.15) is 13.2 Å². The molecule has 0 unspecified atom stereocenters. The van der Waals surface area contributed by atoms with Gasteiger partial charge in [0.15, 0.2) is 0 Å². The van der Waals surface area contributed by atoms with Crippen molar-refractivity contribution in [2.45, 2.75) is 53.4 Å². The molecule has 0 amide bonds. The molecule has 0 heterocycles. The summed E-state index contributed by atoms with van der Waals surface area (Å²) in [6.45, 7) is 8.44. The van der Waals surface area contributed by atoms with Crippen LogP contribution in [0.5, 0.6) is 0 Å². The Morgan fingerprint density at radius 2 is 1.86 bits per heavy atom. The van der Waals surface area contributed by atoms with Crippen LogP contribution in [-0.4, -0.2) is 12.0 Å². The summed E-state index contributed by atoms with van der Waals surface area (Å²) in [4.78, 5) is 10.7. The van der Waals surface area contributed by atoms with Crippen molar-refractivity contribution in [2.24, 2.45) is 0 Å². The Kier molecular flexibility index (Phi) is 7.84. The van der Waals surface area contributed by atoms with Crippen LogP contribution in [0.25, 0.3) is 0 Å². The third-order valence-electron chi connectivity index (χ3n) is 2.30. The van der Waals surface area contributed by atoms with Crippen LogP contribution in [0.3, 0.4) is 0 Å². The van der Waals surface area contributed by atoms with E-state index in [-0.39, 0.29) is 18.2 Å². The number of esters is 1. The van der Waals surface area contributed by atoms with E-state index in [2.05, 4.69) is 10.1 Å². The van der Waals surface area contributed by atoms with Crippen LogP contribution in [0.15, 0.2) is 18.2 Å². The summed E-state index contributed by atoms with van der Waals surface area (Å²) in [6, 6.07) is 3.91. The van der Waals surface area contributed by atoms with Crippen molar-refractivity contribution in [1.82, 2.24) is 0 Å². The number of carbonyl (C=O) groups is 1. The van der Waals surface area contributed by atoms with Crippen molar-refractivity contribution in [3.05, 3.63) is 29.3 Å². The van der Waals surface area contributed by atoms with Crippen LogP contribution in [0, 0.1) is 0 Å². The summed E-state index contributed by atoms with van der Waals surface area (Å²) < 4.78 is 43.4. The molecule has 1 aromatic rings. The highest BCUT2D eigenvalue weighted by Crippen LogP contribution is 2.34. The number of rotatable bonds is 4. The van der Waals surface area contributed by atoms with Gasteiger partial charge in [-0.15, -0.1) is 0 Å². The molecule has 3 nitrogen and oxygen atoms in total. The SMILES string of the molecule is CC.CC(=O)OCc1ccc(NC(C)C)cc1C(F)(F)F. The molecule has 1 N–H and O–H groups in total. The molecule has 21 heavy (non-hydrogen) atoms. The molecule has 0 aromatic heterocycles. The monoisotopic (exact) mass is 305 g/mol. The molecule has 0 aliphatic carbocycles. The summed E-state index contributed by atoms with van der Waals surface area (Å²) in [5.74, 6) is -0.613. The molecule has 6 heteroatoms. The molecule has 0 fully saturated rings. The van der Waals surface area contributed by atoms with Gasteiger partial charge < -0.3 is 10.1 Å². The van der Waals surface area contributed by atoms with Crippen molar-refractivity contribution < 1.29 is 22.7 Å². The van der Waals surface area contributed by atoms with Gasteiger partial charge in [0.2, 0.25) is 0 Å². The van der Waals surface area contributed by atoms with E-state index < -0.39 is 17.7 Å². The Labute approximate surface area is 123 Å². The number of ether oxygens (including phenoxy) is 1. The lowest BCUT2D eigenvalue weighted by molar-refractivity contribution is -0.145. The van der Waals surface area contributed by atoms with Crippen LogP contribution in [0.1, 0.15) is 45.7 Å². The largest absolute Gasteiger partial charge is 0.461 e. The zero-order valence-electron chi connectivity index (χ0n) is 13.0. The maximum absolute atomic E-state index is 12.9. The van der Waals surface area contributed by atoms with Crippen molar-refractivity contribution >= 4 is 11.7 Å². The lowest BCUT2D eigenvalue weighted by Crippen LogP contribution is -2.14. The third-order valence-corrected chi connectivity index (χ3v) is 2.30. The number of alkyl halides is 3. The average Bonchev–Trinajstić information content (AvgIpc) is 2.37. The number of anilines is 1. The molecular formula is C15H22F3NO2. The fraction of sp³-hybridized carbons (Fsp3) is 0.533. The minimum Gasteiger partial charge on any atom is -0.461 e. The summed E-state index contributed by atoms with van der Waals surface area (Å²) in [5, 5.41) is 2.90. The zero-order chi connectivity index (χ0) is 16.6. The quantitative estimate of drug-likeness (QED) is 0.825. The molecular weight excluding hydrogens is 283 g/mol. The molecule has 0 atom stereocenters. The Balaban J connectivity index is 0.00000191. The average molecular weight is 305 g/mol. The molecule has 0 saturated heterocycles. The Hall–Kier alpha value is -1.72. The van der Waals surface area contributed by atoms with E-state index in [1.54, 1.807) is 0 Å². The Bertz CT molecular complexity index is 457. The number of hydrogen-bond donors (Lipinski definition) is 1. The van der Waals surface area contributed by atoms with Gasteiger partial charge in [0.05, 0.1) is 5.56 Å². The fourth-order valence-electron chi connectivity index (χ4n) is 1.57. The highest BCUT2D eigenvalue weighted by atomic mass is 19.4. The molecule has 0 radical (unpaired) electrons. The number of nitrogens with one attached hydrogen (secondary N) is 1. The van der Waals surface area contributed by atoms with Gasteiger partial charge in [-0.3, -0.25) is 4.79 Å². The van der Waals surface area contributed by atoms with Crippen LogP contribution < -0.4 is 5.32 Å². The van der Waals surface area contributed by atoms with Crippen molar-refractivity contribution in [2.75, 3.05) is 5.32 Å².